The van der Waals surface area contributed by atoms with E-state index in [2.05, 4.69) is 25.7 Å². The third-order valence-corrected chi connectivity index (χ3v) is 2.37. The molecule has 2 aromatic rings. The highest BCUT2D eigenvalue weighted by Gasteiger charge is 2.09. The number of hydrazone groups is 1. The maximum Gasteiger partial charge on any atom is 0.278 e. The monoisotopic (exact) mass is 274 g/mol. The average Bonchev–Trinajstić information content (AvgIpc) is 2.43. The SMILES string of the molecule is Cc1nnc(N/N=C/c2ccccc2[N+](=O)[O-])[nH]c1=O. The highest BCUT2D eigenvalue weighted by molar-refractivity contribution is 5.85. The largest absolute Gasteiger partial charge is 0.288 e. The van der Waals surface area contributed by atoms with Gasteiger partial charge in [-0.25, -0.2) is 5.43 Å². The number of aromatic nitrogens is 3. The summed E-state index contributed by atoms with van der Waals surface area (Å²) >= 11 is 0. The molecular formula is C11H10N6O3. The molecule has 0 saturated carbocycles. The minimum absolute atomic E-state index is 0.0513. The van der Waals surface area contributed by atoms with Gasteiger partial charge in [0.25, 0.3) is 11.2 Å². The summed E-state index contributed by atoms with van der Waals surface area (Å²) in [6.45, 7) is 1.52. The van der Waals surface area contributed by atoms with Crippen LogP contribution in [0.3, 0.4) is 0 Å². The molecule has 0 aliphatic rings. The topological polar surface area (TPSA) is 126 Å². The van der Waals surface area contributed by atoms with Gasteiger partial charge in [0, 0.05) is 6.07 Å². The lowest BCUT2D eigenvalue weighted by Crippen LogP contribution is -2.15. The van der Waals surface area contributed by atoms with Gasteiger partial charge in [-0.3, -0.25) is 19.9 Å². The number of rotatable bonds is 4. The van der Waals surface area contributed by atoms with E-state index in [1.165, 1.54) is 19.2 Å². The van der Waals surface area contributed by atoms with Gasteiger partial charge in [-0.15, -0.1) is 10.2 Å². The lowest BCUT2D eigenvalue weighted by Gasteiger charge is -1.98. The van der Waals surface area contributed by atoms with Crippen molar-refractivity contribution in [1.29, 1.82) is 0 Å². The number of nitrogens with zero attached hydrogens (tertiary/aromatic N) is 4. The first-order valence-corrected chi connectivity index (χ1v) is 5.54. The van der Waals surface area contributed by atoms with Crippen LogP contribution in [0.15, 0.2) is 34.2 Å². The van der Waals surface area contributed by atoms with E-state index >= 15 is 0 Å². The molecule has 1 aromatic carbocycles. The molecule has 0 aliphatic carbocycles. The Kier molecular flexibility index (Phi) is 3.80. The van der Waals surface area contributed by atoms with Crippen LogP contribution in [-0.4, -0.2) is 26.3 Å². The second-order valence-electron chi connectivity index (χ2n) is 3.77. The molecule has 1 aromatic heterocycles. The molecule has 0 unspecified atom stereocenters. The van der Waals surface area contributed by atoms with Crippen molar-refractivity contribution >= 4 is 17.9 Å². The Balaban J connectivity index is 2.16. The molecule has 0 bridgehead atoms. The van der Waals surface area contributed by atoms with Gasteiger partial charge in [-0.05, 0) is 13.0 Å². The quantitative estimate of drug-likeness (QED) is 0.483. The van der Waals surface area contributed by atoms with E-state index in [9.17, 15) is 14.9 Å². The third kappa shape index (κ3) is 3.02. The summed E-state index contributed by atoms with van der Waals surface area (Å²) in [5, 5.41) is 21.8. The first-order valence-electron chi connectivity index (χ1n) is 5.54. The van der Waals surface area contributed by atoms with E-state index in [4.69, 9.17) is 0 Å². The predicted octanol–water partition coefficient (Wildman–Crippen LogP) is 0.828. The lowest BCUT2D eigenvalue weighted by molar-refractivity contribution is -0.385. The zero-order valence-electron chi connectivity index (χ0n) is 10.4. The summed E-state index contributed by atoms with van der Waals surface area (Å²) in [5.41, 5.74) is 2.55. The normalized spacial score (nSPS) is 10.7. The first-order chi connectivity index (χ1) is 9.58. The van der Waals surface area contributed by atoms with E-state index in [0.717, 1.165) is 0 Å². The van der Waals surface area contributed by atoms with Gasteiger partial charge in [0.1, 0.15) is 5.69 Å². The Morgan fingerprint density at radius 2 is 2.15 bits per heavy atom. The van der Waals surface area contributed by atoms with Crippen LogP contribution in [0.5, 0.6) is 0 Å². The zero-order chi connectivity index (χ0) is 14.5. The fourth-order valence-electron chi connectivity index (χ4n) is 1.37. The Labute approximate surface area is 112 Å². The smallest absolute Gasteiger partial charge is 0.278 e. The van der Waals surface area contributed by atoms with Gasteiger partial charge in [-0.1, -0.05) is 12.1 Å². The van der Waals surface area contributed by atoms with Crippen LogP contribution in [0.4, 0.5) is 11.6 Å². The van der Waals surface area contributed by atoms with Crippen LogP contribution in [0, 0.1) is 17.0 Å². The minimum atomic E-state index is -0.505. The van der Waals surface area contributed by atoms with Gasteiger partial charge in [0.2, 0.25) is 5.95 Å². The van der Waals surface area contributed by atoms with Crippen molar-refractivity contribution in [1.82, 2.24) is 15.2 Å². The van der Waals surface area contributed by atoms with Crippen LogP contribution >= 0.6 is 0 Å². The molecule has 2 rings (SSSR count). The summed E-state index contributed by atoms with van der Waals surface area (Å²) in [4.78, 5) is 24.0. The molecule has 0 radical (unpaired) electrons. The average molecular weight is 274 g/mol. The summed E-state index contributed by atoms with van der Waals surface area (Å²) in [6.07, 6.45) is 1.26. The Bertz CT molecular complexity index is 724. The first kappa shape index (κ1) is 13.3. The second-order valence-corrected chi connectivity index (χ2v) is 3.77. The standard InChI is InChI=1S/C11H10N6O3/c1-7-10(18)13-11(16-14-7)15-12-6-8-4-2-3-5-9(8)17(19)20/h2-6H,1H3,(H2,13,15,16,18)/b12-6+. The second kappa shape index (κ2) is 5.69. The third-order valence-electron chi connectivity index (χ3n) is 2.37. The maximum absolute atomic E-state index is 11.3. The van der Waals surface area contributed by atoms with Crippen molar-refractivity contribution < 1.29 is 4.92 Å². The molecule has 1 heterocycles. The van der Waals surface area contributed by atoms with Crippen LogP contribution in [0.25, 0.3) is 0 Å². The maximum atomic E-state index is 11.3. The van der Waals surface area contributed by atoms with Crippen molar-refractivity contribution in [3.05, 3.63) is 56.0 Å². The highest BCUT2D eigenvalue weighted by atomic mass is 16.6. The van der Waals surface area contributed by atoms with Crippen LogP contribution in [0.1, 0.15) is 11.3 Å². The Morgan fingerprint density at radius 1 is 1.40 bits per heavy atom. The van der Waals surface area contributed by atoms with Gasteiger partial charge in [-0.2, -0.15) is 5.10 Å². The lowest BCUT2D eigenvalue weighted by atomic mass is 10.2. The molecule has 0 fully saturated rings. The van der Waals surface area contributed by atoms with Gasteiger partial charge < -0.3 is 0 Å². The number of aromatic amines is 1. The predicted molar refractivity (Wildman–Crippen MR) is 71.7 cm³/mol. The molecule has 9 nitrogen and oxygen atoms in total. The van der Waals surface area contributed by atoms with E-state index in [1.54, 1.807) is 18.2 Å². The molecule has 9 heteroatoms. The number of H-pyrrole nitrogens is 1. The molecule has 0 spiro atoms. The zero-order valence-corrected chi connectivity index (χ0v) is 10.4. The van der Waals surface area contributed by atoms with E-state index in [1.807, 2.05) is 0 Å². The summed E-state index contributed by atoms with van der Waals surface area (Å²) in [6, 6.07) is 6.13. The van der Waals surface area contributed by atoms with Gasteiger partial charge >= 0.3 is 0 Å². The molecule has 0 saturated heterocycles. The number of hydrogen-bond donors (Lipinski definition) is 2. The van der Waals surface area contributed by atoms with Gasteiger partial charge in [0.05, 0.1) is 16.7 Å². The number of nitrogens with one attached hydrogen (secondary N) is 2. The van der Waals surface area contributed by atoms with E-state index in [-0.39, 0.29) is 22.9 Å². The van der Waals surface area contributed by atoms with Crippen molar-refractivity contribution in [3.8, 4) is 0 Å². The van der Waals surface area contributed by atoms with Crippen molar-refractivity contribution in [2.45, 2.75) is 6.92 Å². The number of nitro groups is 1. The van der Waals surface area contributed by atoms with Crippen LogP contribution in [0.2, 0.25) is 0 Å². The summed E-state index contributed by atoms with van der Waals surface area (Å²) in [7, 11) is 0. The number of para-hydroxylation sites is 1. The molecule has 102 valence electrons. The molecular weight excluding hydrogens is 264 g/mol. The number of aryl methyl sites for hydroxylation is 1. The summed E-state index contributed by atoms with van der Waals surface area (Å²) in [5.74, 6) is 0.0513. The van der Waals surface area contributed by atoms with E-state index in [0.29, 0.717) is 5.56 Å². The van der Waals surface area contributed by atoms with Crippen LogP contribution < -0.4 is 11.0 Å². The summed E-state index contributed by atoms with van der Waals surface area (Å²) < 4.78 is 0. The van der Waals surface area contributed by atoms with Crippen molar-refractivity contribution in [2.24, 2.45) is 5.10 Å². The van der Waals surface area contributed by atoms with Crippen molar-refractivity contribution in [3.63, 3.8) is 0 Å². The number of benzene rings is 1. The minimum Gasteiger partial charge on any atom is -0.288 e. The Morgan fingerprint density at radius 3 is 2.85 bits per heavy atom. The fraction of sp³-hybridized carbons (Fsp3) is 0.0909. The molecule has 0 amide bonds. The van der Waals surface area contributed by atoms with Gasteiger partial charge in [0.15, 0.2) is 0 Å². The molecule has 2 N–H and O–H groups in total. The molecule has 0 atom stereocenters. The number of nitro benzene ring substituents is 1. The van der Waals surface area contributed by atoms with Crippen LogP contribution in [-0.2, 0) is 0 Å². The van der Waals surface area contributed by atoms with E-state index < -0.39 is 4.92 Å². The highest BCUT2D eigenvalue weighted by Crippen LogP contribution is 2.15. The Hall–Kier alpha value is -3.10. The fourth-order valence-corrected chi connectivity index (χ4v) is 1.37. The molecule has 20 heavy (non-hydrogen) atoms. The van der Waals surface area contributed by atoms with Crippen molar-refractivity contribution in [2.75, 3.05) is 5.43 Å². The number of anilines is 1. The molecule has 0 aliphatic heterocycles. The number of hydrogen-bond acceptors (Lipinski definition) is 7.